The van der Waals surface area contributed by atoms with Crippen molar-refractivity contribution >= 4 is 30.2 Å². The first-order chi connectivity index (χ1) is 19.0. The van der Waals surface area contributed by atoms with Crippen LogP contribution in [0.15, 0.2) is 41.3 Å². The lowest BCUT2D eigenvalue weighted by molar-refractivity contribution is -0.137. The van der Waals surface area contributed by atoms with Crippen molar-refractivity contribution in [2.75, 3.05) is 51.1 Å². The van der Waals surface area contributed by atoms with Gasteiger partial charge in [0.15, 0.2) is 0 Å². The summed E-state index contributed by atoms with van der Waals surface area (Å²) in [7, 11) is 0. The van der Waals surface area contributed by atoms with Crippen LogP contribution in [-0.2, 0) is 10.2 Å². The van der Waals surface area contributed by atoms with E-state index in [2.05, 4.69) is 27.3 Å². The zero-order valence-corrected chi connectivity index (χ0v) is 24.9. The number of piperazine rings is 1. The summed E-state index contributed by atoms with van der Waals surface area (Å²) in [5, 5.41) is 2.71. The standard InChI is InChI=1S/C29H42N8O3.ClH/c1-28(2,31)25(38)35-16-18-36(19-17-35)26(39)32-24-10-15-37(27(40)33-24)23-7-5-21(6-8-23)29(11-12-29)20-34-13-3-4-22(30)9-14-34;/h5-8,10,15,22H,3-4,9,11-14,16-20,30-31H2,1-2H3,(H,32,33,39,40);1H. The van der Waals surface area contributed by atoms with Crippen molar-refractivity contribution in [2.45, 2.75) is 62.9 Å². The molecule has 1 unspecified atom stereocenters. The summed E-state index contributed by atoms with van der Waals surface area (Å²) in [6.07, 6.45) is 7.33. The minimum Gasteiger partial charge on any atom is -0.338 e. The molecule has 41 heavy (non-hydrogen) atoms. The van der Waals surface area contributed by atoms with E-state index in [1.807, 2.05) is 12.1 Å². The van der Waals surface area contributed by atoms with Gasteiger partial charge in [-0.2, -0.15) is 4.98 Å². The Hall–Kier alpha value is -2.99. The lowest BCUT2D eigenvalue weighted by Crippen LogP contribution is -2.58. The van der Waals surface area contributed by atoms with Crippen molar-refractivity contribution in [1.82, 2.24) is 24.3 Å². The van der Waals surface area contributed by atoms with Gasteiger partial charge in [-0.05, 0) is 82.8 Å². The minimum absolute atomic E-state index is 0. The average molecular weight is 587 g/mol. The molecule has 0 radical (unpaired) electrons. The van der Waals surface area contributed by atoms with Crippen LogP contribution in [0, 0.1) is 0 Å². The molecule has 3 heterocycles. The van der Waals surface area contributed by atoms with Gasteiger partial charge >= 0.3 is 11.7 Å². The number of rotatable bonds is 6. The Morgan fingerprint density at radius 2 is 1.66 bits per heavy atom. The third kappa shape index (κ3) is 7.27. The molecule has 1 saturated carbocycles. The number of amides is 3. The molecule has 12 heteroatoms. The van der Waals surface area contributed by atoms with Gasteiger partial charge in [-0.3, -0.25) is 14.7 Å². The highest BCUT2D eigenvalue weighted by Gasteiger charge is 2.45. The molecule has 3 fully saturated rings. The summed E-state index contributed by atoms with van der Waals surface area (Å²) < 4.78 is 1.48. The van der Waals surface area contributed by atoms with Crippen LogP contribution in [0.1, 0.15) is 51.5 Å². The summed E-state index contributed by atoms with van der Waals surface area (Å²) in [5.74, 6) is 0.0550. The zero-order chi connectivity index (χ0) is 28.5. The van der Waals surface area contributed by atoms with Crippen LogP contribution in [0.2, 0.25) is 0 Å². The smallest absolute Gasteiger partial charge is 0.338 e. The molecule has 11 nitrogen and oxygen atoms in total. The summed E-state index contributed by atoms with van der Waals surface area (Å²) in [4.78, 5) is 47.9. The van der Waals surface area contributed by atoms with E-state index in [1.165, 1.54) is 23.0 Å². The third-order valence-corrected chi connectivity index (χ3v) is 8.45. The van der Waals surface area contributed by atoms with E-state index in [9.17, 15) is 14.4 Å². The quantitative estimate of drug-likeness (QED) is 0.469. The topological polar surface area (TPSA) is 143 Å². The number of likely N-dealkylation sites (tertiary alicyclic amines) is 1. The predicted molar refractivity (Wildman–Crippen MR) is 162 cm³/mol. The first-order valence-corrected chi connectivity index (χ1v) is 14.4. The Labute approximate surface area is 247 Å². The molecule has 3 amide bonds. The van der Waals surface area contributed by atoms with Gasteiger partial charge in [0.25, 0.3) is 0 Å². The molecule has 2 aliphatic heterocycles. The van der Waals surface area contributed by atoms with E-state index in [4.69, 9.17) is 11.5 Å². The second kappa shape index (κ2) is 12.5. The van der Waals surface area contributed by atoms with Crippen LogP contribution in [0.5, 0.6) is 0 Å². The molecule has 0 spiro atoms. The monoisotopic (exact) mass is 586 g/mol. The fourth-order valence-electron chi connectivity index (χ4n) is 5.81. The number of anilines is 1. The summed E-state index contributed by atoms with van der Waals surface area (Å²) >= 11 is 0. The fraction of sp³-hybridized carbons (Fsp3) is 0.586. The predicted octanol–water partition coefficient (Wildman–Crippen LogP) is 1.91. The van der Waals surface area contributed by atoms with Crippen LogP contribution in [0.25, 0.3) is 5.69 Å². The molecule has 3 aliphatic rings. The van der Waals surface area contributed by atoms with Crippen molar-refractivity contribution in [1.29, 1.82) is 0 Å². The Bertz CT molecular complexity index is 1280. The highest BCUT2D eigenvalue weighted by atomic mass is 35.5. The molecule has 1 aromatic carbocycles. The summed E-state index contributed by atoms with van der Waals surface area (Å²) in [6, 6.07) is 9.79. The van der Waals surface area contributed by atoms with Crippen LogP contribution < -0.4 is 22.5 Å². The molecule has 2 saturated heterocycles. The highest BCUT2D eigenvalue weighted by molar-refractivity contribution is 5.89. The number of hydrogen-bond donors (Lipinski definition) is 3. The molecule has 1 atom stereocenters. The van der Waals surface area contributed by atoms with Crippen molar-refractivity contribution in [2.24, 2.45) is 11.5 Å². The number of carbonyl (C=O) groups is 2. The van der Waals surface area contributed by atoms with Gasteiger partial charge < -0.3 is 26.2 Å². The number of hydrogen-bond acceptors (Lipinski definition) is 7. The summed E-state index contributed by atoms with van der Waals surface area (Å²) in [6.45, 7) is 8.16. The van der Waals surface area contributed by atoms with Gasteiger partial charge in [0.05, 0.1) is 11.2 Å². The van der Waals surface area contributed by atoms with Gasteiger partial charge in [0, 0.05) is 50.4 Å². The second-order valence-corrected chi connectivity index (χ2v) is 12.2. The molecule has 5 rings (SSSR count). The highest BCUT2D eigenvalue weighted by Crippen LogP contribution is 2.49. The lowest BCUT2D eigenvalue weighted by atomic mass is 9.95. The number of nitrogens with one attached hydrogen (secondary N) is 1. The van der Waals surface area contributed by atoms with E-state index in [0.29, 0.717) is 32.2 Å². The molecule has 0 bridgehead atoms. The first-order valence-electron chi connectivity index (χ1n) is 14.4. The van der Waals surface area contributed by atoms with Crippen LogP contribution in [-0.4, -0.2) is 93.6 Å². The van der Waals surface area contributed by atoms with Gasteiger partial charge in [0.1, 0.15) is 5.82 Å². The van der Waals surface area contributed by atoms with E-state index in [0.717, 1.165) is 44.6 Å². The Kier molecular flexibility index (Phi) is 9.42. The average Bonchev–Trinajstić information content (AvgIpc) is 3.74. The van der Waals surface area contributed by atoms with Crippen LogP contribution in [0.3, 0.4) is 0 Å². The van der Waals surface area contributed by atoms with Gasteiger partial charge in [0.2, 0.25) is 5.91 Å². The van der Waals surface area contributed by atoms with E-state index < -0.39 is 11.2 Å². The number of aromatic nitrogens is 2. The second-order valence-electron chi connectivity index (χ2n) is 12.2. The van der Waals surface area contributed by atoms with Crippen LogP contribution >= 0.6 is 12.4 Å². The largest absolute Gasteiger partial charge is 0.354 e. The Morgan fingerprint density at radius 3 is 2.27 bits per heavy atom. The molecule has 224 valence electrons. The van der Waals surface area contributed by atoms with Crippen LogP contribution in [0.4, 0.5) is 10.6 Å². The third-order valence-electron chi connectivity index (χ3n) is 8.45. The number of carbonyl (C=O) groups excluding carboxylic acids is 2. The van der Waals surface area contributed by atoms with Crippen molar-refractivity contribution < 1.29 is 9.59 Å². The van der Waals surface area contributed by atoms with Gasteiger partial charge in [-0.1, -0.05) is 12.1 Å². The minimum atomic E-state index is -0.945. The van der Waals surface area contributed by atoms with Crippen molar-refractivity contribution in [3.8, 4) is 5.69 Å². The molecule has 1 aromatic heterocycles. The maximum Gasteiger partial charge on any atom is 0.354 e. The first kappa shape index (κ1) is 31.0. The normalized spacial score (nSPS) is 21.0. The number of urea groups is 1. The maximum atomic E-state index is 12.8. The molecular weight excluding hydrogens is 544 g/mol. The van der Waals surface area contributed by atoms with Crippen molar-refractivity contribution in [3.63, 3.8) is 0 Å². The van der Waals surface area contributed by atoms with E-state index in [1.54, 1.807) is 35.9 Å². The van der Waals surface area contributed by atoms with E-state index >= 15 is 0 Å². The number of nitrogens with zero attached hydrogens (tertiary/aromatic N) is 5. The van der Waals surface area contributed by atoms with Crippen molar-refractivity contribution in [3.05, 3.63) is 52.6 Å². The summed E-state index contributed by atoms with van der Waals surface area (Å²) in [5.41, 5.74) is 12.9. The maximum absolute atomic E-state index is 12.8. The number of benzene rings is 1. The van der Waals surface area contributed by atoms with Gasteiger partial charge in [-0.15, -0.1) is 12.4 Å². The molecular formula is C29H43ClN8O3. The molecule has 5 N–H and O–H groups in total. The molecule has 2 aromatic rings. The van der Waals surface area contributed by atoms with Gasteiger partial charge in [-0.25, -0.2) is 9.59 Å². The fourth-order valence-corrected chi connectivity index (χ4v) is 5.81. The number of halogens is 1. The SMILES string of the molecule is CC(C)(N)C(=O)N1CCN(C(=O)Nc2ccn(-c3ccc(C4(CN5CCCC(N)CC5)CC4)cc3)c(=O)n2)CC1.Cl. The Morgan fingerprint density at radius 1 is 1.00 bits per heavy atom. The van der Waals surface area contributed by atoms with E-state index in [-0.39, 0.29) is 35.6 Å². The Balaban J connectivity index is 0.00000387. The number of nitrogens with two attached hydrogens (primary N) is 2. The lowest BCUT2D eigenvalue weighted by Gasteiger charge is -2.37. The molecule has 1 aliphatic carbocycles. The zero-order valence-electron chi connectivity index (χ0n) is 24.1.